The first-order valence-corrected chi connectivity index (χ1v) is 9.27. The zero-order chi connectivity index (χ0) is 19.1. The van der Waals surface area contributed by atoms with Crippen LogP contribution in [0, 0.1) is 0 Å². The molecule has 142 valence electrons. The average molecular weight is 386 g/mol. The summed E-state index contributed by atoms with van der Waals surface area (Å²) < 4.78 is 7.20. The third-order valence-electron chi connectivity index (χ3n) is 4.26. The Hall–Kier alpha value is -2.73. The van der Waals surface area contributed by atoms with Gasteiger partial charge in [0.05, 0.1) is 12.8 Å². The summed E-state index contributed by atoms with van der Waals surface area (Å²) in [5.41, 5.74) is 3.09. The second-order valence-corrected chi connectivity index (χ2v) is 6.49. The molecule has 0 radical (unpaired) electrons. The molecule has 0 aliphatic heterocycles. The summed E-state index contributed by atoms with van der Waals surface area (Å²) in [6.07, 6.45) is 5.69. The van der Waals surface area contributed by atoms with Crippen LogP contribution in [-0.2, 0) is 12.8 Å². The molecule has 0 aliphatic rings. The first-order chi connectivity index (χ1) is 13.2. The van der Waals surface area contributed by atoms with Crippen molar-refractivity contribution in [1.29, 1.82) is 0 Å². The van der Waals surface area contributed by atoms with E-state index in [0.29, 0.717) is 5.02 Å². The van der Waals surface area contributed by atoms with Crippen molar-refractivity contribution in [1.82, 2.24) is 20.0 Å². The van der Waals surface area contributed by atoms with Gasteiger partial charge in [-0.1, -0.05) is 23.7 Å². The number of ether oxygens (including phenoxy) is 1. The number of halogens is 1. The van der Waals surface area contributed by atoms with Gasteiger partial charge in [-0.3, -0.25) is 4.99 Å². The van der Waals surface area contributed by atoms with E-state index >= 15 is 0 Å². The van der Waals surface area contributed by atoms with Crippen LogP contribution in [0.25, 0.3) is 5.65 Å². The maximum atomic E-state index is 6.28. The highest BCUT2D eigenvalue weighted by Crippen LogP contribution is 2.22. The summed E-state index contributed by atoms with van der Waals surface area (Å²) >= 11 is 6.28. The van der Waals surface area contributed by atoms with Crippen LogP contribution in [0.15, 0.2) is 53.8 Å². The van der Waals surface area contributed by atoms with Crippen molar-refractivity contribution < 1.29 is 4.74 Å². The molecule has 0 spiro atoms. The highest BCUT2D eigenvalue weighted by molar-refractivity contribution is 6.31. The Morgan fingerprint density at radius 3 is 2.70 bits per heavy atom. The Morgan fingerprint density at radius 1 is 1.19 bits per heavy atom. The third-order valence-corrected chi connectivity index (χ3v) is 4.61. The van der Waals surface area contributed by atoms with Gasteiger partial charge < -0.3 is 19.8 Å². The Morgan fingerprint density at radius 2 is 2.00 bits per heavy atom. The van der Waals surface area contributed by atoms with Gasteiger partial charge in [0, 0.05) is 44.0 Å². The number of benzene rings is 1. The van der Waals surface area contributed by atoms with Crippen LogP contribution in [-0.4, -0.2) is 42.6 Å². The van der Waals surface area contributed by atoms with Crippen LogP contribution in [0.4, 0.5) is 0 Å². The quantitative estimate of drug-likeness (QED) is 0.485. The second kappa shape index (κ2) is 9.28. The first-order valence-electron chi connectivity index (χ1n) is 8.89. The highest BCUT2D eigenvalue weighted by atomic mass is 35.5. The van der Waals surface area contributed by atoms with Crippen molar-refractivity contribution in [3.63, 3.8) is 0 Å². The van der Waals surface area contributed by atoms with Gasteiger partial charge in [-0.2, -0.15) is 0 Å². The van der Waals surface area contributed by atoms with E-state index in [-0.39, 0.29) is 0 Å². The SMILES string of the molecule is CN=C(NCCc1cn2ccccc2n1)NCCc1ccc(OC)cc1Cl. The van der Waals surface area contributed by atoms with E-state index in [0.717, 1.165) is 54.5 Å². The number of methoxy groups -OCH3 is 1. The summed E-state index contributed by atoms with van der Waals surface area (Å²) in [6, 6.07) is 11.7. The molecular formula is C20H24ClN5O. The predicted molar refractivity (Wildman–Crippen MR) is 110 cm³/mol. The standard InChI is InChI=1S/C20H24ClN5O/c1-22-20(23-10-8-15-6-7-17(27-2)13-18(15)21)24-11-9-16-14-26-12-4-3-5-19(26)25-16/h3-7,12-14H,8-11H2,1-2H3,(H2,22,23,24). The van der Waals surface area contributed by atoms with Gasteiger partial charge in [0.15, 0.2) is 5.96 Å². The molecule has 2 N–H and O–H groups in total. The van der Waals surface area contributed by atoms with E-state index < -0.39 is 0 Å². The molecule has 0 amide bonds. The van der Waals surface area contributed by atoms with Crippen molar-refractivity contribution in [3.8, 4) is 5.75 Å². The Kier molecular flexibility index (Phi) is 6.54. The van der Waals surface area contributed by atoms with E-state index in [9.17, 15) is 0 Å². The lowest BCUT2D eigenvalue weighted by molar-refractivity contribution is 0.414. The minimum absolute atomic E-state index is 0.714. The molecule has 6 nitrogen and oxygen atoms in total. The fraction of sp³-hybridized carbons (Fsp3) is 0.300. The zero-order valence-electron chi connectivity index (χ0n) is 15.6. The molecule has 3 rings (SSSR count). The van der Waals surface area contributed by atoms with Crippen molar-refractivity contribution in [2.24, 2.45) is 4.99 Å². The number of fused-ring (bicyclic) bond motifs is 1. The normalized spacial score (nSPS) is 11.6. The molecule has 2 aromatic heterocycles. The van der Waals surface area contributed by atoms with Crippen molar-refractivity contribution in [3.05, 3.63) is 65.1 Å². The first kappa shape index (κ1) is 19.0. The van der Waals surface area contributed by atoms with Crippen LogP contribution in [0.1, 0.15) is 11.3 Å². The number of hydrogen-bond donors (Lipinski definition) is 2. The molecule has 2 heterocycles. The molecule has 0 bridgehead atoms. The lowest BCUT2D eigenvalue weighted by Gasteiger charge is -2.12. The van der Waals surface area contributed by atoms with Crippen molar-refractivity contribution in [2.45, 2.75) is 12.8 Å². The number of aliphatic imine (C=N–C) groups is 1. The van der Waals surface area contributed by atoms with Gasteiger partial charge in [0.1, 0.15) is 11.4 Å². The summed E-state index contributed by atoms with van der Waals surface area (Å²) in [7, 11) is 3.40. The molecule has 1 aromatic carbocycles. The van der Waals surface area contributed by atoms with Gasteiger partial charge in [0.2, 0.25) is 0 Å². The van der Waals surface area contributed by atoms with E-state index in [2.05, 4.69) is 26.8 Å². The summed E-state index contributed by atoms with van der Waals surface area (Å²) in [5.74, 6) is 1.53. The average Bonchev–Trinajstić information content (AvgIpc) is 3.10. The number of pyridine rings is 1. The minimum atomic E-state index is 0.714. The number of rotatable bonds is 7. The van der Waals surface area contributed by atoms with Crippen molar-refractivity contribution >= 4 is 23.2 Å². The second-order valence-electron chi connectivity index (χ2n) is 6.08. The van der Waals surface area contributed by atoms with E-state index in [1.54, 1.807) is 14.2 Å². The molecular weight excluding hydrogens is 362 g/mol. The Balaban J connectivity index is 1.44. The molecule has 27 heavy (non-hydrogen) atoms. The van der Waals surface area contributed by atoms with Crippen LogP contribution >= 0.6 is 11.6 Å². The lowest BCUT2D eigenvalue weighted by Crippen LogP contribution is -2.39. The maximum Gasteiger partial charge on any atom is 0.190 e. The van der Waals surface area contributed by atoms with Crippen molar-refractivity contribution in [2.75, 3.05) is 27.2 Å². The minimum Gasteiger partial charge on any atom is -0.497 e. The van der Waals surface area contributed by atoms with Crippen LogP contribution in [0.2, 0.25) is 5.02 Å². The van der Waals surface area contributed by atoms with E-state index in [1.165, 1.54) is 0 Å². The van der Waals surface area contributed by atoms with Gasteiger partial charge >= 0.3 is 0 Å². The summed E-state index contributed by atoms with van der Waals surface area (Å²) in [6.45, 7) is 1.49. The number of aromatic nitrogens is 2. The summed E-state index contributed by atoms with van der Waals surface area (Å²) in [4.78, 5) is 8.86. The van der Waals surface area contributed by atoms with Crippen LogP contribution in [0.3, 0.4) is 0 Å². The fourth-order valence-corrected chi connectivity index (χ4v) is 3.08. The number of imidazole rings is 1. The topological polar surface area (TPSA) is 63.0 Å². The molecule has 0 saturated carbocycles. The lowest BCUT2D eigenvalue weighted by atomic mass is 10.1. The molecule has 3 aromatic rings. The number of guanidine groups is 1. The number of hydrogen-bond acceptors (Lipinski definition) is 3. The number of nitrogens with zero attached hydrogens (tertiary/aromatic N) is 3. The van der Waals surface area contributed by atoms with Crippen LogP contribution in [0.5, 0.6) is 5.75 Å². The van der Waals surface area contributed by atoms with E-state index in [4.69, 9.17) is 16.3 Å². The third kappa shape index (κ3) is 5.14. The Bertz CT molecular complexity index is 889. The molecule has 7 heteroatoms. The molecule has 0 fully saturated rings. The van der Waals surface area contributed by atoms with E-state index in [1.807, 2.05) is 47.0 Å². The maximum absolute atomic E-state index is 6.28. The molecule has 0 atom stereocenters. The smallest absolute Gasteiger partial charge is 0.190 e. The van der Waals surface area contributed by atoms with Gasteiger partial charge in [0.25, 0.3) is 0 Å². The number of nitrogens with one attached hydrogen (secondary N) is 2. The summed E-state index contributed by atoms with van der Waals surface area (Å²) in [5, 5.41) is 7.34. The highest BCUT2D eigenvalue weighted by Gasteiger charge is 2.04. The fourth-order valence-electron chi connectivity index (χ4n) is 2.81. The van der Waals surface area contributed by atoms with Gasteiger partial charge in [-0.15, -0.1) is 0 Å². The molecule has 0 unspecified atom stereocenters. The van der Waals surface area contributed by atoms with Gasteiger partial charge in [-0.05, 0) is 36.2 Å². The molecule has 0 saturated heterocycles. The van der Waals surface area contributed by atoms with Gasteiger partial charge in [-0.25, -0.2) is 4.98 Å². The van der Waals surface area contributed by atoms with Crippen LogP contribution < -0.4 is 15.4 Å². The zero-order valence-corrected chi connectivity index (χ0v) is 16.3. The predicted octanol–water partition coefficient (Wildman–Crippen LogP) is 2.95. The molecule has 0 aliphatic carbocycles. The monoisotopic (exact) mass is 385 g/mol. The largest absolute Gasteiger partial charge is 0.497 e. The Labute approximate surface area is 164 Å².